The first kappa shape index (κ1) is 9.17. The Morgan fingerprint density at radius 3 is 2.79 bits per heavy atom. The number of hydrogen-bond donors (Lipinski definition) is 1. The lowest BCUT2D eigenvalue weighted by atomic mass is 9.98. The molecule has 1 aromatic rings. The van der Waals surface area contributed by atoms with Crippen LogP contribution in [0.1, 0.15) is 30.0 Å². The quantitative estimate of drug-likeness (QED) is 0.776. The number of benzene rings is 1. The molecule has 0 saturated heterocycles. The minimum absolute atomic E-state index is 0.180. The number of halogens is 1. The summed E-state index contributed by atoms with van der Waals surface area (Å²) in [6.07, 6.45) is 2.17. The van der Waals surface area contributed by atoms with E-state index in [1.165, 1.54) is 18.2 Å². The summed E-state index contributed by atoms with van der Waals surface area (Å²) in [6.45, 7) is 0. The van der Waals surface area contributed by atoms with Gasteiger partial charge in [-0.2, -0.15) is 5.26 Å². The highest BCUT2D eigenvalue weighted by molar-refractivity contribution is 5.40. The Bertz CT molecular complexity index is 391. The van der Waals surface area contributed by atoms with E-state index in [1.807, 2.05) is 6.07 Å². The van der Waals surface area contributed by atoms with Crippen LogP contribution >= 0.6 is 0 Å². The molecule has 0 aromatic heterocycles. The second-order valence-electron chi connectivity index (χ2n) is 3.71. The first-order valence-electron chi connectivity index (χ1n) is 4.67. The van der Waals surface area contributed by atoms with E-state index < -0.39 is 0 Å². The van der Waals surface area contributed by atoms with Gasteiger partial charge in [-0.1, -0.05) is 0 Å². The molecule has 2 N–H and O–H groups in total. The van der Waals surface area contributed by atoms with Gasteiger partial charge in [-0.3, -0.25) is 0 Å². The number of nitrogens with zero attached hydrogens (tertiary/aromatic N) is 1. The molecule has 0 spiro atoms. The molecule has 1 atom stereocenters. The lowest BCUT2D eigenvalue weighted by Crippen LogP contribution is -2.14. The van der Waals surface area contributed by atoms with Gasteiger partial charge >= 0.3 is 0 Å². The Labute approximate surface area is 82.1 Å². The Kier molecular flexibility index (Phi) is 2.22. The third-order valence-electron chi connectivity index (χ3n) is 2.62. The third-order valence-corrected chi connectivity index (χ3v) is 2.62. The van der Waals surface area contributed by atoms with Crippen LogP contribution in [0.5, 0.6) is 0 Å². The van der Waals surface area contributed by atoms with Crippen LogP contribution in [0, 0.1) is 23.1 Å². The monoisotopic (exact) mass is 190 g/mol. The van der Waals surface area contributed by atoms with E-state index in [2.05, 4.69) is 0 Å². The molecule has 14 heavy (non-hydrogen) atoms. The largest absolute Gasteiger partial charge is 0.324 e. The minimum atomic E-state index is -0.324. The predicted molar refractivity (Wildman–Crippen MR) is 50.8 cm³/mol. The van der Waals surface area contributed by atoms with Crippen molar-refractivity contribution in [3.8, 4) is 6.07 Å². The van der Waals surface area contributed by atoms with Gasteiger partial charge in [0.15, 0.2) is 0 Å². The van der Waals surface area contributed by atoms with E-state index in [-0.39, 0.29) is 11.9 Å². The van der Waals surface area contributed by atoms with Gasteiger partial charge in [-0.25, -0.2) is 4.39 Å². The fraction of sp³-hybridized carbons (Fsp3) is 0.364. The van der Waals surface area contributed by atoms with E-state index in [9.17, 15) is 4.39 Å². The molecular formula is C11H11FN2. The standard InChI is InChI=1S/C11H11FN2/c12-9-4-3-8(6-13)10(5-9)11(14)7-1-2-7/h3-5,7,11H,1-2,14H2. The van der Waals surface area contributed by atoms with Crippen LogP contribution in [0.4, 0.5) is 4.39 Å². The molecule has 3 heteroatoms. The van der Waals surface area contributed by atoms with Crippen LogP contribution in [-0.2, 0) is 0 Å². The van der Waals surface area contributed by atoms with Gasteiger partial charge in [0.1, 0.15) is 5.82 Å². The van der Waals surface area contributed by atoms with Crippen molar-refractivity contribution >= 4 is 0 Å². The summed E-state index contributed by atoms with van der Waals surface area (Å²) < 4.78 is 13.0. The summed E-state index contributed by atoms with van der Waals surface area (Å²) in [5.41, 5.74) is 7.07. The smallest absolute Gasteiger partial charge is 0.123 e. The van der Waals surface area contributed by atoms with Crippen molar-refractivity contribution in [1.82, 2.24) is 0 Å². The molecule has 0 bridgehead atoms. The van der Waals surface area contributed by atoms with Crippen LogP contribution in [0.2, 0.25) is 0 Å². The highest BCUT2D eigenvalue weighted by Gasteiger charge is 2.30. The van der Waals surface area contributed by atoms with Crippen LogP contribution in [0.25, 0.3) is 0 Å². The summed E-state index contributed by atoms with van der Waals surface area (Å²) >= 11 is 0. The zero-order chi connectivity index (χ0) is 10.1. The number of nitriles is 1. The number of nitrogens with two attached hydrogens (primary N) is 1. The Morgan fingerprint density at radius 1 is 1.50 bits per heavy atom. The van der Waals surface area contributed by atoms with Crippen LogP contribution in [0.3, 0.4) is 0 Å². The molecule has 0 heterocycles. The second kappa shape index (κ2) is 3.39. The Morgan fingerprint density at radius 2 is 2.21 bits per heavy atom. The van der Waals surface area contributed by atoms with Gasteiger partial charge in [0.05, 0.1) is 11.6 Å². The minimum Gasteiger partial charge on any atom is -0.324 e. The van der Waals surface area contributed by atoms with E-state index >= 15 is 0 Å². The van der Waals surface area contributed by atoms with E-state index in [0.29, 0.717) is 17.0 Å². The van der Waals surface area contributed by atoms with Crippen molar-refractivity contribution < 1.29 is 4.39 Å². The molecule has 1 aliphatic rings. The predicted octanol–water partition coefficient (Wildman–Crippen LogP) is 2.11. The van der Waals surface area contributed by atoms with Crippen molar-refractivity contribution in [3.63, 3.8) is 0 Å². The molecule has 0 aliphatic heterocycles. The fourth-order valence-corrected chi connectivity index (χ4v) is 1.62. The van der Waals surface area contributed by atoms with Crippen molar-refractivity contribution in [2.45, 2.75) is 18.9 Å². The molecule has 0 radical (unpaired) electrons. The van der Waals surface area contributed by atoms with Gasteiger partial charge < -0.3 is 5.73 Å². The second-order valence-corrected chi connectivity index (χ2v) is 3.71. The maximum Gasteiger partial charge on any atom is 0.123 e. The summed E-state index contributed by atoms with van der Waals surface area (Å²) in [5.74, 6) is 0.110. The van der Waals surface area contributed by atoms with Gasteiger partial charge in [0, 0.05) is 6.04 Å². The Balaban J connectivity index is 2.38. The highest BCUT2D eigenvalue weighted by atomic mass is 19.1. The van der Waals surface area contributed by atoms with E-state index in [4.69, 9.17) is 11.0 Å². The van der Waals surface area contributed by atoms with Crippen LogP contribution in [0.15, 0.2) is 18.2 Å². The maximum absolute atomic E-state index is 13.0. The zero-order valence-corrected chi connectivity index (χ0v) is 7.70. The molecule has 1 unspecified atom stereocenters. The molecule has 1 saturated carbocycles. The fourth-order valence-electron chi connectivity index (χ4n) is 1.62. The van der Waals surface area contributed by atoms with Gasteiger partial charge in [0.2, 0.25) is 0 Å². The summed E-state index contributed by atoms with van der Waals surface area (Å²) in [4.78, 5) is 0. The van der Waals surface area contributed by atoms with Gasteiger partial charge in [-0.15, -0.1) is 0 Å². The lowest BCUT2D eigenvalue weighted by Gasteiger charge is -2.12. The number of hydrogen-bond acceptors (Lipinski definition) is 2. The van der Waals surface area contributed by atoms with Crippen molar-refractivity contribution in [1.29, 1.82) is 5.26 Å². The zero-order valence-electron chi connectivity index (χ0n) is 7.70. The third kappa shape index (κ3) is 1.61. The summed E-state index contributed by atoms with van der Waals surface area (Å²) in [6, 6.07) is 6.02. The average molecular weight is 190 g/mol. The first-order chi connectivity index (χ1) is 6.72. The maximum atomic E-state index is 13.0. The normalized spacial score (nSPS) is 17.5. The van der Waals surface area contributed by atoms with Gasteiger partial charge in [-0.05, 0) is 42.5 Å². The van der Waals surface area contributed by atoms with Gasteiger partial charge in [0.25, 0.3) is 0 Å². The molecule has 2 rings (SSSR count). The SMILES string of the molecule is N#Cc1ccc(F)cc1C(N)C1CC1. The lowest BCUT2D eigenvalue weighted by molar-refractivity contribution is 0.600. The first-order valence-corrected chi connectivity index (χ1v) is 4.67. The summed E-state index contributed by atoms with van der Waals surface area (Å²) in [7, 11) is 0. The molecule has 1 aromatic carbocycles. The van der Waals surface area contributed by atoms with E-state index in [1.54, 1.807) is 0 Å². The molecular weight excluding hydrogens is 179 g/mol. The van der Waals surface area contributed by atoms with Crippen LogP contribution < -0.4 is 5.73 Å². The topological polar surface area (TPSA) is 49.8 Å². The molecule has 0 amide bonds. The highest BCUT2D eigenvalue weighted by Crippen LogP contribution is 2.40. The Hall–Kier alpha value is -1.40. The van der Waals surface area contributed by atoms with Crippen molar-refractivity contribution in [2.24, 2.45) is 11.7 Å². The van der Waals surface area contributed by atoms with Crippen molar-refractivity contribution in [3.05, 3.63) is 35.1 Å². The summed E-state index contributed by atoms with van der Waals surface area (Å²) in [5, 5.41) is 8.83. The van der Waals surface area contributed by atoms with Crippen LogP contribution in [-0.4, -0.2) is 0 Å². The molecule has 72 valence electrons. The molecule has 1 aliphatic carbocycles. The van der Waals surface area contributed by atoms with E-state index in [0.717, 1.165) is 12.8 Å². The molecule has 2 nitrogen and oxygen atoms in total. The molecule has 1 fully saturated rings. The van der Waals surface area contributed by atoms with Crippen molar-refractivity contribution in [2.75, 3.05) is 0 Å². The average Bonchev–Trinajstić information content (AvgIpc) is 3.00. The number of rotatable bonds is 2.